The lowest BCUT2D eigenvalue weighted by molar-refractivity contribution is 0.0697. The second-order valence-corrected chi connectivity index (χ2v) is 6.15. The van der Waals surface area contributed by atoms with Crippen molar-refractivity contribution in [3.05, 3.63) is 45.8 Å². The molecule has 0 saturated carbocycles. The lowest BCUT2D eigenvalue weighted by Gasteiger charge is -2.06. The van der Waals surface area contributed by atoms with E-state index in [0.29, 0.717) is 16.3 Å². The number of hydrogen-bond acceptors (Lipinski definition) is 4. The Kier molecular flexibility index (Phi) is 3.85. The van der Waals surface area contributed by atoms with E-state index >= 15 is 0 Å². The smallest absolute Gasteiger partial charge is 0.339 e. The Morgan fingerprint density at radius 2 is 1.95 bits per heavy atom. The summed E-state index contributed by atoms with van der Waals surface area (Å²) in [6.45, 7) is 0. The monoisotopic (exact) mass is 317 g/mol. The van der Waals surface area contributed by atoms with Crippen molar-refractivity contribution >= 4 is 28.2 Å². The van der Waals surface area contributed by atoms with Crippen LogP contribution in [0.2, 0.25) is 0 Å². The van der Waals surface area contributed by atoms with Crippen molar-refractivity contribution in [3.8, 4) is 5.75 Å². The molecule has 2 aromatic rings. The molecule has 1 aliphatic carbocycles. The number of carboxylic acid groups (broad SMARTS) is 1. The molecule has 0 bridgehead atoms. The molecule has 1 aliphatic rings. The van der Waals surface area contributed by atoms with E-state index in [1.807, 2.05) is 0 Å². The van der Waals surface area contributed by atoms with Crippen LogP contribution in [0.3, 0.4) is 0 Å². The molecule has 0 fully saturated rings. The molecule has 22 heavy (non-hydrogen) atoms. The molecule has 0 saturated heterocycles. The number of fused-ring (bicyclic) bond motifs is 1. The fourth-order valence-electron chi connectivity index (χ4n) is 2.64. The Hall–Kier alpha value is -2.34. The SMILES string of the molecule is COc1ccc(C(=O)Nc2sc3c(c2C(=O)O)CCC3)cc1. The van der Waals surface area contributed by atoms with E-state index in [4.69, 9.17) is 4.74 Å². The Bertz CT molecular complexity index is 733. The number of carbonyl (C=O) groups is 2. The number of carbonyl (C=O) groups excluding carboxylic acids is 1. The maximum Gasteiger partial charge on any atom is 0.339 e. The number of aryl methyl sites for hydroxylation is 1. The third-order valence-electron chi connectivity index (χ3n) is 3.71. The van der Waals surface area contributed by atoms with Crippen molar-refractivity contribution in [2.75, 3.05) is 12.4 Å². The average molecular weight is 317 g/mol. The van der Waals surface area contributed by atoms with Gasteiger partial charge in [-0.25, -0.2) is 4.79 Å². The number of carboxylic acids is 1. The topological polar surface area (TPSA) is 75.6 Å². The lowest BCUT2D eigenvalue weighted by atomic mass is 10.1. The van der Waals surface area contributed by atoms with Crippen molar-refractivity contribution in [1.29, 1.82) is 0 Å². The molecule has 6 heteroatoms. The predicted molar refractivity (Wildman–Crippen MR) is 84.3 cm³/mol. The summed E-state index contributed by atoms with van der Waals surface area (Å²) >= 11 is 1.37. The fourth-order valence-corrected chi connectivity index (χ4v) is 3.91. The van der Waals surface area contributed by atoms with Crippen molar-refractivity contribution in [1.82, 2.24) is 0 Å². The Morgan fingerprint density at radius 3 is 2.59 bits per heavy atom. The summed E-state index contributed by atoms with van der Waals surface area (Å²) < 4.78 is 5.05. The standard InChI is InChI=1S/C16H15NO4S/c1-21-10-7-5-9(6-8-10)14(18)17-15-13(16(19)20)11-3-2-4-12(11)22-15/h5-8H,2-4H2,1H3,(H,17,18)(H,19,20). The number of rotatable bonds is 4. The lowest BCUT2D eigenvalue weighted by Crippen LogP contribution is -2.13. The first-order chi connectivity index (χ1) is 10.6. The minimum Gasteiger partial charge on any atom is -0.497 e. The minimum atomic E-state index is -0.982. The molecule has 1 amide bonds. The molecule has 1 aromatic carbocycles. The van der Waals surface area contributed by atoms with Gasteiger partial charge in [0.1, 0.15) is 10.8 Å². The molecular weight excluding hydrogens is 302 g/mol. The minimum absolute atomic E-state index is 0.249. The van der Waals surface area contributed by atoms with Crippen LogP contribution in [0, 0.1) is 0 Å². The van der Waals surface area contributed by atoms with Gasteiger partial charge < -0.3 is 15.2 Å². The highest BCUT2D eigenvalue weighted by Crippen LogP contribution is 2.39. The largest absolute Gasteiger partial charge is 0.497 e. The average Bonchev–Trinajstić information content (AvgIpc) is 3.07. The number of amides is 1. The number of ether oxygens (including phenoxy) is 1. The van der Waals surface area contributed by atoms with Crippen molar-refractivity contribution in [2.24, 2.45) is 0 Å². The summed E-state index contributed by atoms with van der Waals surface area (Å²) in [5, 5.41) is 12.6. The molecule has 3 rings (SSSR count). The van der Waals surface area contributed by atoms with Gasteiger partial charge in [0, 0.05) is 10.4 Å². The van der Waals surface area contributed by atoms with Crippen LogP contribution in [0.25, 0.3) is 0 Å². The maximum atomic E-state index is 12.3. The first-order valence-corrected chi connectivity index (χ1v) is 7.75. The van der Waals surface area contributed by atoms with E-state index < -0.39 is 5.97 Å². The molecule has 0 unspecified atom stereocenters. The molecule has 1 heterocycles. The van der Waals surface area contributed by atoms with Gasteiger partial charge in [-0.2, -0.15) is 0 Å². The summed E-state index contributed by atoms with van der Waals surface area (Å²) in [6.07, 6.45) is 2.64. The normalized spacial score (nSPS) is 12.8. The van der Waals surface area contributed by atoms with Gasteiger partial charge in [0.25, 0.3) is 5.91 Å². The van der Waals surface area contributed by atoms with E-state index in [1.54, 1.807) is 31.4 Å². The summed E-state index contributed by atoms with van der Waals surface area (Å²) in [5.74, 6) is -0.632. The van der Waals surface area contributed by atoms with Crippen LogP contribution in [0.5, 0.6) is 5.75 Å². The third kappa shape index (κ3) is 2.57. The van der Waals surface area contributed by atoms with E-state index in [2.05, 4.69) is 5.32 Å². The summed E-state index contributed by atoms with van der Waals surface area (Å²) in [6, 6.07) is 6.69. The van der Waals surface area contributed by atoms with Gasteiger partial charge in [-0.1, -0.05) is 0 Å². The van der Waals surface area contributed by atoms with Crippen LogP contribution < -0.4 is 10.1 Å². The van der Waals surface area contributed by atoms with Gasteiger partial charge in [0.15, 0.2) is 0 Å². The first-order valence-electron chi connectivity index (χ1n) is 6.93. The zero-order chi connectivity index (χ0) is 15.7. The fraction of sp³-hybridized carbons (Fsp3) is 0.250. The first kappa shape index (κ1) is 14.6. The molecule has 0 spiro atoms. The van der Waals surface area contributed by atoms with Crippen molar-refractivity contribution < 1.29 is 19.4 Å². The van der Waals surface area contributed by atoms with Gasteiger partial charge in [-0.15, -0.1) is 11.3 Å². The molecular formula is C16H15NO4S. The molecule has 0 radical (unpaired) electrons. The third-order valence-corrected chi connectivity index (χ3v) is 4.92. The molecule has 0 aliphatic heterocycles. The van der Waals surface area contributed by atoms with Crippen LogP contribution >= 0.6 is 11.3 Å². The van der Waals surface area contributed by atoms with Gasteiger partial charge in [0.2, 0.25) is 0 Å². The molecule has 0 atom stereocenters. The highest BCUT2D eigenvalue weighted by molar-refractivity contribution is 7.17. The molecule has 5 nitrogen and oxygen atoms in total. The zero-order valence-electron chi connectivity index (χ0n) is 12.0. The van der Waals surface area contributed by atoms with Gasteiger partial charge in [-0.3, -0.25) is 4.79 Å². The second kappa shape index (κ2) is 5.81. The number of thiophene rings is 1. The highest BCUT2D eigenvalue weighted by atomic mass is 32.1. The molecule has 114 valence electrons. The van der Waals surface area contributed by atoms with E-state index in [9.17, 15) is 14.7 Å². The van der Waals surface area contributed by atoms with Crippen LogP contribution in [0.15, 0.2) is 24.3 Å². The van der Waals surface area contributed by atoms with Crippen LogP contribution in [0.4, 0.5) is 5.00 Å². The van der Waals surface area contributed by atoms with Gasteiger partial charge in [0.05, 0.1) is 12.7 Å². The maximum absolute atomic E-state index is 12.3. The molecule has 2 N–H and O–H groups in total. The van der Waals surface area contributed by atoms with Crippen molar-refractivity contribution in [3.63, 3.8) is 0 Å². The van der Waals surface area contributed by atoms with Crippen molar-refractivity contribution in [2.45, 2.75) is 19.3 Å². The Balaban J connectivity index is 1.86. The summed E-state index contributed by atoms with van der Waals surface area (Å²) in [7, 11) is 1.56. The predicted octanol–water partition coefficient (Wildman–Crippen LogP) is 3.20. The Morgan fingerprint density at radius 1 is 1.23 bits per heavy atom. The summed E-state index contributed by atoms with van der Waals surface area (Å²) in [4.78, 5) is 24.8. The Labute approximate surface area is 131 Å². The number of hydrogen-bond donors (Lipinski definition) is 2. The highest BCUT2D eigenvalue weighted by Gasteiger charge is 2.27. The van der Waals surface area contributed by atoms with E-state index in [0.717, 1.165) is 29.7 Å². The van der Waals surface area contributed by atoms with Crippen LogP contribution in [-0.4, -0.2) is 24.1 Å². The molecule has 1 aromatic heterocycles. The number of methoxy groups -OCH3 is 1. The van der Waals surface area contributed by atoms with Gasteiger partial charge in [-0.05, 0) is 49.1 Å². The zero-order valence-corrected chi connectivity index (χ0v) is 12.8. The number of anilines is 1. The van der Waals surface area contributed by atoms with Crippen LogP contribution in [0.1, 0.15) is 37.6 Å². The number of benzene rings is 1. The van der Waals surface area contributed by atoms with Gasteiger partial charge >= 0.3 is 5.97 Å². The number of aromatic carboxylic acids is 1. The van der Waals surface area contributed by atoms with Crippen LogP contribution in [-0.2, 0) is 12.8 Å². The second-order valence-electron chi connectivity index (χ2n) is 5.05. The number of nitrogens with one attached hydrogen (secondary N) is 1. The summed E-state index contributed by atoms with van der Waals surface area (Å²) in [5.41, 5.74) is 1.59. The van der Waals surface area contributed by atoms with E-state index in [1.165, 1.54) is 11.3 Å². The van der Waals surface area contributed by atoms with E-state index in [-0.39, 0.29) is 11.5 Å². The quantitative estimate of drug-likeness (QED) is 0.908.